The molecule has 0 fully saturated rings. The predicted octanol–water partition coefficient (Wildman–Crippen LogP) is 2.60. The molecule has 6 nitrogen and oxygen atoms in total. The van der Waals surface area contributed by atoms with Crippen LogP contribution in [-0.2, 0) is 9.59 Å². The quantitative estimate of drug-likeness (QED) is 0.816. The van der Waals surface area contributed by atoms with Gasteiger partial charge in [-0.15, -0.1) is 5.11 Å². The molecule has 0 aliphatic heterocycles. The van der Waals surface area contributed by atoms with Crippen molar-refractivity contribution in [1.82, 2.24) is 0 Å². The molecular formula is C13H12N2O4. The number of carboxylic acids is 1. The van der Waals surface area contributed by atoms with Crippen molar-refractivity contribution in [2.45, 2.75) is 12.8 Å². The van der Waals surface area contributed by atoms with Gasteiger partial charge in [-0.05, 0) is 12.1 Å². The summed E-state index contributed by atoms with van der Waals surface area (Å²) >= 11 is 0. The topological polar surface area (TPSA) is 99.3 Å². The Balaban J connectivity index is 2.20. The fourth-order valence-corrected chi connectivity index (χ4v) is 1.77. The number of benzene rings is 1. The van der Waals surface area contributed by atoms with Crippen molar-refractivity contribution in [3.63, 3.8) is 0 Å². The summed E-state index contributed by atoms with van der Waals surface area (Å²) in [6.07, 6.45) is -0.257. The first-order valence-corrected chi connectivity index (χ1v) is 5.73. The molecule has 0 heterocycles. The van der Waals surface area contributed by atoms with Gasteiger partial charge in [0.2, 0.25) is 0 Å². The van der Waals surface area contributed by atoms with Crippen LogP contribution in [0.2, 0.25) is 0 Å². The minimum Gasteiger partial charge on any atom is -0.510 e. The summed E-state index contributed by atoms with van der Waals surface area (Å²) in [5.74, 6) is -2.80. The van der Waals surface area contributed by atoms with Crippen LogP contribution >= 0.6 is 0 Å². The Labute approximate surface area is 109 Å². The number of aliphatic hydroxyl groups is 1. The molecule has 2 rings (SSSR count). The number of hydrogen-bond donors (Lipinski definition) is 2. The van der Waals surface area contributed by atoms with Gasteiger partial charge in [0.25, 0.3) is 0 Å². The molecule has 1 aromatic rings. The monoisotopic (exact) mass is 260 g/mol. The fraction of sp³-hybridized carbons (Fsp3) is 0.231. The van der Waals surface area contributed by atoms with Gasteiger partial charge >= 0.3 is 5.97 Å². The second kappa shape index (κ2) is 5.43. The molecule has 0 saturated heterocycles. The van der Waals surface area contributed by atoms with Crippen molar-refractivity contribution in [2.24, 2.45) is 16.1 Å². The summed E-state index contributed by atoms with van der Waals surface area (Å²) in [4.78, 5) is 22.5. The van der Waals surface area contributed by atoms with Crippen molar-refractivity contribution in [1.29, 1.82) is 0 Å². The molecule has 1 unspecified atom stereocenters. The van der Waals surface area contributed by atoms with Crippen molar-refractivity contribution >= 4 is 17.4 Å². The zero-order chi connectivity index (χ0) is 13.8. The van der Waals surface area contributed by atoms with Crippen LogP contribution in [-0.4, -0.2) is 22.0 Å². The summed E-state index contributed by atoms with van der Waals surface area (Å²) in [6.45, 7) is 0. The molecule has 19 heavy (non-hydrogen) atoms. The normalized spacial score (nSPS) is 20.0. The summed E-state index contributed by atoms with van der Waals surface area (Å²) in [5, 5.41) is 26.1. The highest BCUT2D eigenvalue weighted by Gasteiger charge is 2.32. The first-order chi connectivity index (χ1) is 9.08. The minimum absolute atomic E-state index is 0.0930. The summed E-state index contributed by atoms with van der Waals surface area (Å²) < 4.78 is 0. The molecule has 0 aromatic heterocycles. The number of carboxylic acid groups (broad SMARTS) is 1. The number of nitrogens with zero attached hydrogens (tertiary/aromatic N) is 2. The highest BCUT2D eigenvalue weighted by atomic mass is 16.4. The number of rotatable bonds is 3. The summed E-state index contributed by atoms with van der Waals surface area (Å²) in [6, 6.07) is 8.76. The van der Waals surface area contributed by atoms with Crippen molar-refractivity contribution in [2.75, 3.05) is 0 Å². The number of ketones is 1. The predicted molar refractivity (Wildman–Crippen MR) is 66.0 cm³/mol. The Kier molecular flexibility index (Phi) is 3.70. The molecule has 6 heteroatoms. The van der Waals surface area contributed by atoms with Gasteiger partial charge in [-0.25, -0.2) is 0 Å². The van der Waals surface area contributed by atoms with E-state index < -0.39 is 17.7 Å². The van der Waals surface area contributed by atoms with Crippen LogP contribution in [0.4, 0.5) is 5.69 Å². The van der Waals surface area contributed by atoms with Gasteiger partial charge in [0.05, 0.1) is 11.6 Å². The van der Waals surface area contributed by atoms with Gasteiger partial charge in [0.1, 0.15) is 5.76 Å². The number of aliphatic hydroxyl groups excluding tert-OH is 1. The van der Waals surface area contributed by atoms with E-state index in [9.17, 15) is 14.7 Å². The Hall–Kier alpha value is -2.50. The first-order valence-electron chi connectivity index (χ1n) is 5.73. The van der Waals surface area contributed by atoms with Crippen molar-refractivity contribution < 1.29 is 19.8 Å². The fourth-order valence-electron chi connectivity index (χ4n) is 1.77. The Bertz CT molecular complexity index is 563. The van der Waals surface area contributed by atoms with Gasteiger partial charge in [-0.2, -0.15) is 5.11 Å². The van der Waals surface area contributed by atoms with Crippen LogP contribution in [0.5, 0.6) is 0 Å². The van der Waals surface area contributed by atoms with Gasteiger partial charge in [0.15, 0.2) is 11.5 Å². The lowest BCUT2D eigenvalue weighted by molar-refractivity contribution is -0.144. The van der Waals surface area contributed by atoms with Gasteiger partial charge in [-0.1, -0.05) is 18.2 Å². The molecule has 0 amide bonds. The number of carbonyl (C=O) groups is 2. The lowest BCUT2D eigenvalue weighted by atomic mass is 9.90. The number of Topliss-reactive ketones (excluding diaryl/α,β-unsaturated/α-hetero) is 1. The van der Waals surface area contributed by atoms with Gasteiger partial charge < -0.3 is 10.2 Å². The number of allylic oxidation sites excluding steroid dienone is 2. The average Bonchev–Trinajstić information content (AvgIpc) is 2.38. The molecule has 1 atom stereocenters. The second-order valence-electron chi connectivity index (χ2n) is 4.20. The van der Waals surface area contributed by atoms with E-state index in [-0.39, 0.29) is 24.3 Å². The van der Waals surface area contributed by atoms with Gasteiger partial charge in [-0.3, -0.25) is 9.59 Å². The smallest absolute Gasteiger partial charge is 0.307 e. The zero-order valence-electron chi connectivity index (χ0n) is 9.98. The third-order valence-electron chi connectivity index (χ3n) is 2.78. The third-order valence-corrected chi connectivity index (χ3v) is 2.78. The Morgan fingerprint density at radius 1 is 1.16 bits per heavy atom. The zero-order valence-corrected chi connectivity index (χ0v) is 9.98. The molecule has 0 saturated carbocycles. The number of hydrogen-bond acceptors (Lipinski definition) is 5. The highest BCUT2D eigenvalue weighted by Crippen LogP contribution is 2.27. The van der Waals surface area contributed by atoms with Crippen LogP contribution in [0.1, 0.15) is 12.8 Å². The number of azo groups is 1. The Morgan fingerprint density at radius 3 is 2.42 bits per heavy atom. The maximum Gasteiger partial charge on any atom is 0.307 e. The molecule has 0 spiro atoms. The minimum atomic E-state index is -1.10. The third kappa shape index (κ3) is 3.04. The molecular weight excluding hydrogens is 248 g/mol. The van der Waals surface area contributed by atoms with E-state index in [1.54, 1.807) is 24.3 Å². The molecule has 0 bridgehead atoms. The first kappa shape index (κ1) is 12.9. The van der Waals surface area contributed by atoms with E-state index in [1.165, 1.54) is 0 Å². The number of aliphatic carboxylic acids is 1. The van der Waals surface area contributed by atoms with E-state index in [1.807, 2.05) is 6.07 Å². The molecule has 2 N–H and O–H groups in total. The molecule has 98 valence electrons. The van der Waals surface area contributed by atoms with Crippen LogP contribution < -0.4 is 0 Å². The van der Waals surface area contributed by atoms with Crippen molar-refractivity contribution in [3.05, 3.63) is 41.8 Å². The van der Waals surface area contributed by atoms with Crippen LogP contribution in [0.3, 0.4) is 0 Å². The highest BCUT2D eigenvalue weighted by molar-refractivity contribution is 5.98. The van der Waals surface area contributed by atoms with Gasteiger partial charge in [0, 0.05) is 12.8 Å². The Morgan fingerprint density at radius 2 is 1.84 bits per heavy atom. The molecule has 1 aromatic carbocycles. The van der Waals surface area contributed by atoms with Crippen LogP contribution in [0.25, 0.3) is 0 Å². The lowest BCUT2D eigenvalue weighted by Crippen LogP contribution is -2.24. The largest absolute Gasteiger partial charge is 0.510 e. The van der Waals surface area contributed by atoms with E-state index >= 15 is 0 Å². The van der Waals surface area contributed by atoms with E-state index in [4.69, 9.17) is 5.11 Å². The molecule has 0 radical (unpaired) electrons. The number of carbonyl (C=O) groups excluding carboxylic acids is 1. The SMILES string of the molecule is O=C1CC(C(=O)O)CC(O)=C1N=Nc1ccccc1. The van der Waals surface area contributed by atoms with Crippen LogP contribution in [0.15, 0.2) is 52.0 Å². The molecule has 1 aliphatic carbocycles. The summed E-state index contributed by atoms with van der Waals surface area (Å²) in [7, 11) is 0. The maximum atomic E-state index is 11.7. The average molecular weight is 260 g/mol. The standard InChI is InChI=1S/C13H12N2O4/c16-10-6-8(13(18)19)7-11(17)12(10)15-14-9-4-2-1-3-5-9/h1-5,8,16H,6-7H2,(H,18,19). The van der Waals surface area contributed by atoms with Crippen LogP contribution in [0, 0.1) is 5.92 Å². The maximum absolute atomic E-state index is 11.7. The van der Waals surface area contributed by atoms with Crippen molar-refractivity contribution in [3.8, 4) is 0 Å². The van der Waals surface area contributed by atoms with E-state index in [2.05, 4.69) is 10.2 Å². The summed E-state index contributed by atoms with van der Waals surface area (Å²) in [5.41, 5.74) is 0.400. The van der Waals surface area contributed by atoms with E-state index in [0.717, 1.165) is 0 Å². The van der Waals surface area contributed by atoms with E-state index in [0.29, 0.717) is 5.69 Å². The molecule has 1 aliphatic rings. The second-order valence-corrected chi connectivity index (χ2v) is 4.20. The lowest BCUT2D eigenvalue weighted by Gasteiger charge is -2.17.